The van der Waals surface area contributed by atoms with Gasteiger partial charge in [0.1, 0.15) is 0 Å². The molecule has 0 spiro atoms. The molecule has 0 bridgehead atoms. The lowest BCUT2D eigenvalue weighted by Gasteiger charge is -2.06. The molecular weight excluding hydrogens is 262 g/mol. The number of nitrogens with two attached hydrogens (primary N) is 1. The number of aromatic carboxylic acids is 1. The zero-order chi connectivity index (χ0) is 14.8. The third-order valence-electron chi connectivity index (χ3n) is 3.58. The van der Waals surface area contributed by atoms with E-state index < -0.39 is 5.97 Å². The largest absolute Gasteiger partial charge is 0.478 e. The van der Waals surface area contributed by atoms with E-state index in [0.29, 0.717) is 12.1 Å². The summed E-state index contributed by atoms with van der Waals surface area (Å²) in [7, 11) is 0. The van der Waals surface area contributed by atoms with Crippen molar-refractivity contribution in [3.63, 3.8) is 0 Å². The molecule has 0 radical (unpaired) electrons. The lowest BCUT2D eigenvalue weighted by Crippen LogP contribution is -1.96. The second kappa shape index (κ2) is 5.38. The molecule has 3 nitrogen and oxygen atoms in total. The second-order valence-corrected chi connectivity index (χ2v) is 4.99. The first-order valence-corrected chi connectivity index (χ1v) is 6.74. The number of rotatable bonds is 3. The van der Waals surface area contributed by atoms with E-state index in [1.54, 1.807) is 12.1 Å². The normalized spacial score (nSPS) is 10.7. The average molecular weight is 277 g/mol. The van der Waals surface area contributed by atoms with Crippen molar-refractivity contribution >= 4 is 16.7 Å². The summed E-state index contributed by atoms with van der Waals surface area (Å²) in [6.07, 6.45) is 0. The van der Waals surface area contributed by atoms with E-state index in [2.05, 4.69) is 12.1 Å². The van der Waals surface area contributed by atoms with Crippen molar-refractivity contribution in [3.8, 4) is 11.1 Å². The summed E-state index contributed by atoms with van der Waals surface area (Å²) in [4.78, 5) is 11.0. The molecule has 0 aliphatic heterocycles. The Hall–Kier alpha value is -2.65. The highest BCUT2D eigenvalue weighted by molar-refractivity contribution is 5.95. The van der Waals surface area contributed by atoms with Gasteiger partial charge < -0.3 is 10.8 Å². The van der Waals surface area contributed by atoms with Crippen LogP contribution in [0.15, 0.2) is 60.7 Å². The van der Waals surface area contributed by atoms with Gasteiger partial charge in [-0.1, -0.05) is 36.4 Å². The van der Waals surface area contributed by atoms with E-state index in [1.807, 2.05) is 36.4 Å². The standard InChI is InChI=1S/C18H15NO2/c19-11-12-2-1-3-13(8-12)14-4-5-16-10-17(18(20)21)7-6-15(16)9-14/h1-10H,11,19H2,(H,20,21). The summed E-state index contributed by atoms with van der Waals surface area (Å²) in [5, 5.41) is 11.0. The van der Waals surface area contributed by atoms with Crippen LogP contribution in [0.2, 0.25) is 0 Å². The highest BCUT2D eigenvalue weighted by atomic mass is 16.4. The van der Waals surface area contributed by atoms with E-state index >= 15 is 0 Å². The lowest BCUT2D eigenvalue weighted by atomic mass is 9.99. The fourth-order valence-corrected chi connectivity index (χ4v) is 2.44. The summed E-state index contributed by atoms with van der Waals surface area (Å²) < 4.78 is 0. The van der Waals surface area contributed by atoms with Crippen LogP contribution < -0.4 is 5.73 Å². The number of fused-ring (bicyclic) bond motifs is 1. The van der Waals surface area contributed by atoms with Crippen LogP contribution in [0.4, 0.5) is 0 Å². The van der Waals surface area contributed by atoms with E-state index in [1.165, 1.54) is 0 Å². The molecule has 0 aliphatic carbocycles. The molecule has 0 aromatic heterocycles. The molecule has 3 aromatic rings. The molecular formula is C18H15NO2. The first-order valence-electron chi connectivity index (χ1n) is 6.74. The maximum atomic E-state index is 11.0. The lowest BCUT2D eigenvalue weighted by molar-refractivity contribution is 0.0697. The summed E-state index contributed by atoms with van der Waals surface area (Å²) in [6, 6.07) is 19.3. The zero-order valence-corrected chi connectivity index (χ0v) is 11.4. The molecule has 0 unspecified atom stereocenters. The Balaban J connectivity index is 2.08. The fraction of sp³-hybridized carbons (Fsp3) is 0.0556. The molecule has 104 valence electrons. The zero-order valence-electron chi connectivity index (χ0n) is 11.4. The van der Waals surface area contributed by atoms with Crippen molar-refractivity contribution in [2.45, 2.75) is 6.54 Å². The molecule has 0 saturated carbocycles. The quantitative estimate of drug-likeness (QED) is 0.768. The number of benzene rings is 3. The van der Waals surface area contributed by atoms with Crippen molar-refractivity contribution in [2.75, 3.05) is 0 Å². The van der Waals surface area contributed by atoms with Crippen LogP contribution in [0.5, 0.6) is 0 Å². The van der Waals surface area contributed by atoms with Gasteiger partial charge in [-0.25, -0.2) is 4.79 Å². The molecule has 0 atom stereocenters. The second-order valence-electron chi connectivity index (χ2n) is 4.99. The average Bonchev–Trinajstić information content (AvgIpc) is 2.53. The van der Waals surface area contributed by atoms with Gasteiger partial charge in [0.25, 0.3) is 0 Å². The molecule has 0 fully saturated rings. The topological polar surface area (TPSA) is 63.3 Å². The molecule has 3 aromatic carbocycles. The summed E-state index contributed by atoms with van der Waals surface area (Å²) in [6.45, 7) is 0.517. The first-order chi connectivity index (χ1) is 10.2. The monoisotopic (exact) mass is 277 g/mol. The van der Waals surface area contributed by atoms with Crippen molar-refractivity contribution in [1.29, 1.82) is 0 Å². The van der Waals surface area contributed by atoms with Gasteiger partial charge in [-0.3, -0.25) is 0 Å². The number of carboxylic acid groups (broad SMARTS) is 1. The fourth-order valence-electron chi connectivity index (χ4n) is 2.44. The summed E-state index contributed by atoms with van der Waals surface area (Å²) in [5.41, 5.74) is 9.29. The van der Waals surface area contributed by atoms with Gasteiger partial charge in [0, 0.05) is 6.54 Å². The molecule has 21 heavy (non-hydrogen) atoms. The Morgan fingerprint density at radius 2 is 1.62 bits per heavy atom. The minimum Gasteiger partial charge on any atom is -0.478 e. The predicted molar refractivity (Wildman–Crippen MR) is 84.2 cm³/mol. The first kappa shape index (κ1) is 13.3. The Morgan fingerprint density at radius 3 is 2.38 bits per heavy atom. The van der Waals surface area contributed by atoms with E-state index in [-0.39, 0.29) is 0 Å². The third kappa shape index (κ3) is 2.64. The molecule has 3 heteroatoms. The summed E-state index contributed by atoms with van der Waals surface area (Å²) in [5.74, 6) is -0.906. The molecule has 3 rings (SSSR count). The molecule has 3 N–H and O–H groups in total. The number of hydrogen-bond donors (Lipinski definition) is 2. The van der Waals surface area contributed by atoms with Crippen LogP contribution in [-0.2, 0) is 6.54 Å². The number of carbonyl (C=O) groups is 1. The van der Waals surface area contributed by atoms with Crippen LogP contribution in [0.25, 0.3) is 21.9 Å². The van der Waals surface area contributed by atoms with Crippen molar-refractivity contribution in [1.82, 2.24) is 0 Å². The van der Waals surface area contributed by atoms with E-state index in [4.69, 9.17) is 10.8 Å². The molecule has 0 aliphatic rings. The Labute approximate surface area is 122 Å². The van der Waals surface area contributed by atoms with E-state index in [9.17, 15) is 4.79 Å². The highest BCUT2D eigenvalue weighted by Gasteiger charge is 2.05. The van der Waals surface area contributed by atoms with Gasteiger partial charge in [0.05, 0.1) is 5.56 Å². The van der Waals surface area contributed by atoms with Crippen molar-refractivity contribution < 1.29 is 9.90 Å². The summed E-state index contributed by atoms with van der Waals surface area (Å²) >= 11 is 0. The van der Waals surface area contributed by atoms with Gasteiger partial charge in [0.2, 0.25) is 0 Å². The Kier molecular flexibility index (Phi) is 3.42. The minimum atomic E-state index is -0.906. The maximum Gasteiger partial charge on any atom is 0.335 e. The number of carboxylic acids is 1. The van der Waals surface area contributed by atoms with Gasteiger partial charge in [-0.05, 0) is 51.7 Å². The van der Waals surface area contributed by atoms with Crippen LogP contribution in [0.3, 0.4) is 0 Å². The Bertz CT molecular complexity index is 824. The van der Waals surface area contributed by atoms with Gasteiger partial charge in [-0.15, -0.1) is 0 Å². The molecule has 0 saturated heterocycles. The van der Waals surface area contributed by atoms with Crippen LogP contribution in [-0.4, -0.2) is 11.1 Å². The highest BCUT2D eigenvalue weighted by Crippen LogP contribution is 2.26. The van der Waals surface area contributed by atoms with Gasteiger partial charge in [-0.2, -0.15) is 0 Å². The molecule has 0 heterocycles. The van der Waals surface area contributed by atoms with Crippen molar-refractivity contribution in [2.24, 2.45) is 5.73 Å². The SMILES string of the molecule is NCc1cccc(-c2ccc3cc(C(=O)O)ccc3c2)c1. The van der Waals surface area contributed by atoms with Crippen LogP contribution in [0.1, 0.15) is 15.9 Å². The van der Waals surface area contributed by atoms with Gasteiger partial charge >= 0.3 is 5.97 Å². The molecule has 0 amide bonds. The third-order valence-corrected chi connectivity index (χ3v) is 3.58. The smallest absolute Gasteiger partial charge is 0.335 e. The maximum absolute atomic E-state index is 11.0. The van der Waals surface area contributed by atoms with E-state index in [0.717, 1.165) is 27.5 Å². The van der Waals surface area contributed by atoms with Crippen LogP contribution >= 0.6 is 0 Å². The van der Waals surface area contributed by atoms with Crippen LogP contribution in [0, 0.1) is 0 Å². The minimum absolute atomic E-state index is 0.306. The van der Waals surface area contributed by atoms with Crippen molar-refractivity contribution in [3.05, 3.63) is 71.8 Å². The Morgan fingerprint density at radius 1 is 0.905 bits per heavy atom. The number of hydrogen-bond acceptors (Lipinski definition) is 2. The van der Waals surface area contributed by atoms with Gasteiger partial charge in [0.15, 0.2) is 0 Å². The predicted octanol–water partition coefficient (Wildman–Crippen LogP) is 3.66.